The number of fused-ring (bicyclic) bond motifs is 3. The molecule has 0 atom stereocenters. The van der Waals surface area contributed by atoms with Gasteiger partial charge in [0.2, 0.25) is 0 Å². The molecule has 5 heteroatoms. The predicted molar refractivity (Wildman–Crippen MR) is 66.3 cm³/mol. The Hall–Kier alpha value is -2.30. The third-order valence-electron chi connectivity index (χ3n) is 3.10. The van der Waals surface area contributed by atoms with Gasteiger partial charge < -0.3 is 4.57 Å². The predicted octanol–water partition coefficient (Wildman–Crippen LogP) is 0.718. The largest absolute Gasteiger partial charge is 0.311 e. The second-order valence-corrected chi connectivity index (χ2v) is 4.11. The molecule has 1 aromatic carbocycles. The van der Waals surface area contributed by atoms with Crippen molar-refractivity contribution in [3.8, 4) is 0 Å². The van der Waals surface area contributed by atoms with Gasteiger partial charge in [-0.1, -0.05) is 18.2 Å². The first-order chi connectivity index (χ1) is 8.11. The van der Waals surface area contributed by atoms with Crippen molar-refractivity contribution in [3.05, 3.63) is 45.0 Å². The van der Waals surface area contributed by atoms with Crippen LogP contribution in [0.3, 0.4) is 0 Å². The minimum atomic E-state index is -0.286. The van der Waals surface area contributed by atoms with Crippen LogP contribution in [0, 0.1) is 0 Å². The standard InChI is InChI=1S/C12H11N3O2/c1-14-8-6-4-3-5-7(8)10-9(11(14)16)12(17)15(2)13-10/h3-6,13H,1-2H3. The van der Waals surface area contributed by atoms with Gasteiger partial charge in [-0.25, -0.2) is 0 Å². The molecule has 0 bridgehead atoms. The highest BCUT2D eigenvalue weighted by Gasteiger charge is 2.14. The molecule has 3 aromatic rings. The Morgan fingerprint density at radius 2 is 1.76 bits per heavy atom. The van der Waals surface area contributed by atoms with E-state index in [1.807, 2.05) is 24.3 Å². The maximum atomic E-state index is 12.1. The molecule has 2 aromatic heterocycles. The normalized spacial score (nSPS) is 11.4. The van der Waals surface area contributed by atoms with E-state index in [1.165, 1.54) is 9.25 Å². The van der Waals surface area contributed by atoms with Gasteiger partial charge >= 0.3 is 0 Å². The summed E-state index contributed by atoms with van der Waals surface area (Å²) >= 11 is 0. The fourth-order valence-corrected chi connectivity index (χ4v) is 2.20. The molecule has 17 heavy (non-hydrogen) atoms. The highest BCUT2D eigenvalue weighted by atomic mass is 16.1. The second kappa shape index (κ2) is 3.10. The number of benzene rings is 1. The van der Waals surface area contributed by atoms with Crippen molar-refractivity contribution in [1.29, 1.82) is 0 Å². The quantitative estimate of drug-likeness (QED) is 0.617. The van der Waals surface area contributed by atoms with Crippen molar-refractivity contribution in [3.63, 3.8) is 0 Å². The topological polar surface area (TPSA) is 59.8 Å². The van der Waals surface area contributed by atoms with Gasteiger partial charge in [-0.2, -0.15) is 0 Å². The van der Waals surface area contributed by atoms with Crippen LogP contribution in [0.1, 0.15) is 0 Å². The number of hydrogen-bond donors (Lipinski definition) is 1. The highest BCUT2D eigenvalue weighted by Crippen LogP contribution is 2.18. The van der Waals surface area contributed by atoms with Gasteiger partial charge in [-0.15, -0.1) is 0 Å². The molecule has 2 heterocycles. The number of H-pyrrole nitrogens is 1. The molecule has 0 aliphatic carbocycles. The van der Waals surface area contributed by atoms with Crippen LogP contribution in [0.5, 0.6) is 0 Å². The Morgan fingerprint density at radius 3 is 2.53 bits per heavy atom. The van der Waals surface area contributed by atoms with Gasteiger partial charge in [0.25, 0.3) is 11.1 Å². The molecule has 0 unspecified atom stereocenters. The SMILES string of the molecule is Cn1[nH]c2c(c1=O)c(=O)n(C)c1ccccc21. The smallest absolute Gasteiger partial charge is 0.279 e. The van der Waals surface area contributed by atoms with Crippen molar-refractivity contribution in [2.45, 2.75) is 0 Å². The Balaban J connectivity index is 2.81. The first-order valence-electron chi connectivity index (χ1n) is 5.27. The number of aryl methyl sites for hydroxylation is 2. The number of hydrogen-bond acceptors (Lipinski definition) is 2. The summed E-state index contributed by atoms with van der Waals surface area (Å²) in [6.07, 6.45) is 0. The molecule has 0 spiro atoms. The van der Waals surface area contributed by atoms with Gasteiger partial charge in [-0.3, -0.25) is 19.4 Å². The number of rotatable bonds is 0. The van der Waals surface area contributed by atoms with Crippen LogP contribution in [0.2, 0.25) is 0 Å². The molecule has 86 valence electrons. The average molecular weight is 229 g/mol. The van der Waals surface area contributed by atoms with E-state index in [9.17, 15) is 9.59 Å². The van der Waals surface area contributed by atoms with E-state index in [-0.39, 0.29) is 16.5 Å². The van der Waals surface area contributed by atoms with E-state index in [0.29, 0.717) is 5.52 Å². The summed E-state index contributed by atoms with van der Waals surface area (Å²) in [5.41, 5.74) is 0.870. The molecule has 0 amide bonds. The van der Waals surface area contributed by atoms with E-state index in [2.05, 4.69) is 5.10 Å². The molecule has 3 rings (SSSR count). The molecular formula is C12H11N3O2. The fraction of sp³-hybridized carbons (Fsp3) is 0.167. The second-order valence-electron chi connectivity index (χ2n) is 4.11. The summed E-state index contributed by atoms with van der Waals surface area (Å²) in [4.78, 5) is 24.0. The lowest BCUT2D eigenvalue weighted by molar-refractivity contribution is 0.751. The Labute approximate surface area is 95.9 Å². The molecular weight excluding hydrogens is 218 g/mol. The zero-order chi connectivity index (χ0) is 12.2. The molecule has 0 aliphatic heterocycles. The first-order valence-corrected chi connectivity index (χ1v) is 5.27. The molecule has 0 fully saturated rings. The number of nitrogens with zero attached hydrogens (tertiary/aromatic N) is 2. The van der Waals surface area contributed by atoms with Crippen molar-refractivity contribution in [2.75, 3.05) is 0 Å². The van der Waals surface area contributed by atoms with E-state index in [0.717, 1.165) is 10.9 Å². The Bertz CT molecular complexity index is 852. The Kier molecular flexibility index (Phi) is 1.80. The number of para-hydroxylation sites is 1. The van der Waals surface area contributed by atoms with Crippen molar-refractivity contribution in [1.82, 2.24) is 14.3 Å². The molecule has 0 saturated heterocycles. The molecule has 1 N–H and O–H groups in total. The number of nitrogens with one attached hydrogen (secondary N) is 1. The molecule has 0 radical (unpaired) electrons. The van der Waals surface area contributed by atoms with Crippen LogP contribution in [-0.4, -0.2) is 14.3 Å². The molecule has 0 aliphatic rings. The monoisotopic (exact) mass is 229 g/mol. The van der Waals surface area contributed by atoms with Gasteiger partial charge in [-0.05, 0) is 6.07 Å². The Morgan fingerprint density at radius 1 is 1.06 bits per heavy atom. The zero-order valence-corrected chi connectivity index (χ0v) is 9.52. The van der Waals surface area contributed by atoms with Crippen LogP contribution in [0.4, 0.5) is 0 Å². The van der Waals surface area contributed by atoms with Crippen molar-refractivity contribution < 1.29 is 0 Å². The number of aromatic nitrogens is 3. The average Bonchev–Trinajstić information content (AvgIpc) is 2.63. The van der Waals surface area contributed by atoms with Crippen LogP contribution < -0.4 is 11.1 Å². The summed E-state index contributed by atoms with van der Waals surface area (Å²) in [6.45, 7) is 0. The van der Waals surface area contributed by atoms with Crippen molar-refractivity contribution in [2.24, 2.45) is 14.1 Å². The van der Waals surface area contributed by atoms with Gasteiger partial charge in [0, 0.05) is 19.5 Å². The van der Waals surface area contributed by atoms with Crippen LogP contribution in [0.15, 0.2) is 33.9 Å². The van der Waals surface area contributed by atoms with E-state index in [1.54, 1.807) is 14.1 Å². The van der Waals surface area contributed by atoms with Crippen LogP contribution in [-0.2, 0) is 14.1 Å². The minimum Gasteiger partial charge on any atom is -0.311 e. The maximum Gasteiger partial charge on any atom is 0.279 e. The lowest BCUT2D eigenvalue weighted by Crippen LogP contribution is -2.23. The zero-order valence-electron chi connectivity index (χ0n) is 9.52. The summed E-state index contributed by atoms with van der Waals surface area (Å²) < 4.78 is 2.84. The summed E-state index contributed by atoms with van der Waals surface area (Å²) in [6, 6.07) is 7.51. The molecule has 0 saturated carbocycles. The summed E-state index contributed by atoms with van der Waals surface area (Å²) in [5, 5.41) is 4.02. The minimum absolute atomic E-state index is 0.216. The van der Waals surface area contributed by atoms with Gasteiger partial charge in [0.05, 0.1) is 11.0 Å². The van der Waals surface area contributed by atoms with E-state index >= 15 is 0 Å². The first kappa shape index (κ1) is 9.89. The van der Waals surface area contributed by atoms with Gasteiger partial charge in [0.1, 0.15) is 5.39 Å². The maximum absolute atomic E-state index is 12.1. The van der Waals surface area contributed by atoms with Crippen LogP contribution >= 0.6 is 0 Å². The van der Waals surface area contributed by atoms with E-state index < -0.39 is 0 Å². The van der Waals surface area contributed by atoms with Gasteiger partial charge in [0.15, 0.2) is 0 Å². The lowest BCUT2D eigenvalue weighted by Gasteiger charge is -2.04. The molecule has 5 nitrogen and oxygen atoms in total. The summed E-state index contributed by atoms with van der Waals surface area (Å²) in [5.74, 6) is 0. The number of aromatic amines is 1. The van der Waals surface area contributed by atoms with E-state index in [4.69, 9.17) is 0 Å². The third-order valence-corrected chi connectivity index (χ3v) is 3.10. The van der Waals surface area contributed by atoms with Crippen LogP contribution in [0.25, 0.3) is 21.8 Å². The van der Waals surface area contributed by atoms with Crippen molar-refractivity contribution >= 4 is 21.8 Å². The third kappa shape index (κ3) is 1.13. The summed E-state index contributed by atoms with van der Waals surface area (Å²) in [7, 11) is 3.28. The lowest BCUT2D eigenvalue weighted by atomic mass is 10.1. The fourth-order valence-electron chi connectivity index (χ4n) is 2.20. The highest BCUT2D eigenvalue weighted by molar-refractivity contribution is 6.02. The number of pyridine rings is 1.